The smallest absolute Gasteiger partial charge is 0.323 e. The monoisotopic (exact) mass is 207 g/mol. The molecule has 0 aromatic heterocycles. The van der Waals surface area contributed by atoms with Gasteiger partial charge in [-0.2, -0.15) is 11.8 Å². The average molecular weight is 207 g/mol. The molecular formula is C9H19NO2S. The zero-order valence-electron chi connectivity index (χ0n) is 8.79. The van der Waals surface area contributed by atoms with Crippen molar-refractivity contribution in [3.05, 3.63) is 0 Å². The fourth-order valence-electron chi connectivity index (χ4n) is 0.740. The lowest BCUT2D eigenvalue weighted by atomic mass is 10.2. The number of thioether (sulfide) groups is 1. The lowest BCUT2D eigenvalue weighted by molar-refractivity contribution is -0.156. The number of carbonyl (C=O) groups is 1. The van der Waals surface area contributed by atoms with Crippen LogP contribution in [0.1, 0.15) is 27.2 Å². The largest absolute Gasteiger partial charge is 0.459 e. The van der Waals surface area contributed by atoms with Crippen LogP contribution in [0.2, 0.25) is 0 Å². The quantitative estimate of drug-likeness (QED) is 0.430. The zero-order chi connectivity index (χ0) is 10.5. The number of hydrogen-bond donors (Lipinski definition) is 1. The van der Waals surface area contributed by atoms with Crippen molar-refractivity contribution in [1.29, 1.82) is 0 Å². The van der Waals surface area contributed by atoms with Crippen LogP contribution in [-0.4, -0.2) is 29.6 Å². The van der Waals surface area contributed by atoms with E-state index in [4.69, 9.17) is 10.5 Å². The van der Waals surface area contributed by atoms with Crippen molar-refractivity contribution >= 4 is 17.7 Å². The minimum atomic E-state index is -0.480. The van der Waals surface area contributed by atoms with Crippen LogP contribution in [0.4, 0.5) is 0 Å². The van der Waals surface area contributed by atoms with E-state index in [-0.39, 0.29) is 5.97 Å². The van der Waals surface area contributed by atoms with Crippen LogP contribution in [0.25, 0.3) is 0 Å². The summed E-state index contributed by atoms with van der Waals surface area (Å²) in [6.07, 6.45) is 2.66. The minimum absolute atomic E-state index is 0.304. The van der Waals surface area contributed by atoms with Gasteiger partial charge in [-0.3, -0.25) is 4.79 Å². The third kappa shape index (κ3) is 6.90. The Labute approximate surface area is 84.4 Å². The Morgan fingerprint density at radius 1 is 1.54 bits per heavy atom. The van der Waals surface area contributed by atoms with Gasteiger partial charge in [0.1, 0.15) is 11.6 Å². The van der Waals surface area contributed by atoms with Crippen LogP contribution >= 0.6 is 11.8 Å². The fraction of sp³-hybridized carbons (Fsp3) is 0.889. The predicted molar refractivity (Wildman–Crippen MR) is 56.8 cm³/mol. The lowest BCUT2D eigenvalue weighted by Gasteiger charge is -2.21. The van der Waals surface area contributed by atoms with Gasteiger partial charge in [-0.05, 0) is 39.2 Å². The highest BCUT2D eigenvalue weighted by atomic mass is 32.2. The van der Waals surface area contributed by atoms with Crippen LogP contribution in [0, 0.1) is 0 Å². The number of carbonyl (C=O) groups excluding carboxylic acids is 1. The van der Waals surface area contributed by atoms with E-state index in [1.54, 1.807) is 11.8 Å². The Hall–Kier alpha value is -0.220. The molecule has 0 rings (SSSR count). The highest BCUT2D eigenvalue weighted by molar-refractivity contribution is 7.98. The first kappa shape index (κ1) is 12.8. The van der Waals surface area contributed by atoms with Crippen LogP contribution in [0.3, 0.4) is 0 Å². The van der Waals surface area contributed by atoms with Crippen molar-refractivity contribution in [1.82, 2.24) is 0 Å². The zero-order valence-corrected chi connectivity index (χ0v) is 9.61. The first-order valence-electron chi connectivity index (χ1n) is 4.34. The van der Waals surface area contributed by atoms with Gasteiger partial charge < -0.3 is 10.5 Å². The molecule has 0 aromatic carbocycles. The molecule has 0 fully saturated rings. The number of esters is 1. The molecule has 4 heteroatoms. The Morgan fingerprint density at radius 3 is 2.46 bits per heavy atom. The lowest BCUT2D eigenvalue weighted by Crippen LogP contribution is -2.37. The highest BCUT2D eigenvalue weighted by Crippen LogP contribution is 2.09. The van der Waals surface area contributed by atoms with E-state index in [0.717, 1.165) is 5.75 Å². The summed E-state index contributed by atoms with van der Waals surface area (Å²) in [7, 11) is 0. The molecule has 0 aromatic rings. The molecule has 0 unspecified atom stereocenters. The van der Waals surface area contributed by atoms with Crippen LogP contribution in [-0.2, 0) is 9.53 Å². The van der Waals surface area contributed by atoms with E-state index in [2.05, 4.69) is 0 Å². The highest BCUT2D eigenvalue weighted by Gasteiger charge is 2.21. The molecule has 0 saturated heterocycles. The van der Waals surface area contributed by atoms with E-state index in [1.165, 1.54) is 0 Å². The summed E-state index contributed by atoms with van der Waals surface area (Å²) in [6.45, 7) is 5.52. The van der Waals surface area contributed by atoms with Gasteiger partial charge >= 0.3 is 5.97 Å². The van der Waals surface area contributed by atoms with Crippen LogP contribution in [0.5, 0.6) is 0 Å². The summed E-state index contributed by atoms with van der Waals surface area (Å²) in [5, 5.41) is 0. The third-order valence-electron chi connectivity index (χ3n) is 1.34. The van der Waals surface area contributed by atoms with Crippen molar-refractivity contribution in [2.45, 2.75) is 38.8 Å². The van der Waals surface area contributed by atoms with Crippen molar-refractivity contribution in [2.75, 3.05) is 12.0 Å². The Morgan fingerprint density at radius 2 is 2.08 bits per heavy atom. The molecule has 0 bridgehead atoms. The average Bonchev–Trinajstić information content (AvgIpc) is 1.96. The summed E-state index contributed by atoms with van der Waals surface area (Å²) in [5.41, 5.74) is 5.19. The third-order valence-corrected chi connectivity index (χ3v) is 1.99. The molecule has 0 aliphatic rings. The molecule has 0 saturated carbocycles. The van der Waals surface area contributed by atoms with E-state index in [9.17, 15) is 4.79 Å². The van der Waals surface area contributed by atoms with Gasteiger partial charge in [-0.25, -0.2) is 0 Å². The molecule has 1 atom stereocenters. The van der Waals surface area contributed by atoms with Crippen LogP contribution in [0.15, 0.2) is 0 Å². The Kier molecular flexibility index (Phi) is 5.40. The van der Waals surface area contributed by atoms with E-state index >= 15 is 0 Å². The molecule has 0 radical (unpaired) electrons. The van der Waals surface area contributed by atoms with Crippen molar-refractivity contribution in [3.8, 4) is 0 Å². The Bertz CT molecular complexity index is 165. The predicted octanol–water partition coefficient (Wildman–Crippen LogP) is 1.41. The molecule has 0 amide bonds. The summed E-state index contributed by atoms with van der Waals surface area (Å²) >= 11 is 1.68. The van der Waals surface area contributed by atoms with Gasteiger partial charge in [0.2, 0.25) is 0 Å². The molecule has 2 N–H and O–H groups in total. The number of ether oxygens (including phenoxy) is 1. The summed E-state index contributed by atoms with van der Waals surface area (Å²) < 4.78 is 5.12. The Balaban J connectivity index is 3.83. The van der Waals surface area contributed by atoms with Gasteiger partial charge in [0.15, 0.2) is 0 Å². The van der Waals surface area contributed by atoms with E-state index < -0.39 is 11.6 Å². The van der Waals surface area contributed by atoms with E-state index in [0.29, 0.717) is 6.42 Å². The normalized spacial score (nSPS) is 13.9. The molecule has 0 spiro atoms. The molecule has 3 nitrogen and oxygen atoms in total. The SMILES string of the molecule is CSCC[13C@H]([15NH2])C(=O)OC(C)(C)C. The standard InChI is InChI=1S/C9H19NO2S/c1-9(2,3)12-8(11)7(10)5-6-13-4/h7H,5-6,10H2,1-4H3/t7-/m0/s1/i7+1,10+1. The molecule has 0 heterocycles. The maximum atomic E-state index is 11.3. The molecular weight excluding hydrogens is 188 g/mol. The molecule has 0 aliphatic carbocycles. The van der Waals surface area contributed by atoms with Gasteiger partial charge in [-0.1, -0.05) is 0 Å². The van der Waals surface area contributed by atoms with Crippen molar-refractivity contribution in [2.24, 2.45) is 5.73 Å². The maximum Gasteiger partial charge on any atom is 0.323 e. The second-order valence-corrected chi connectivity index (χ2v) is 4.91. The van der Waals surface area contributed by atoms with Crippen LogP contribution < -0.4 is 5.73 Å². The fourth-order valence-corrected chi connectivity index (χ4v) is 1.23. The second kappa shape index (κ2) is 5.50. The minimum Gasteiger partial charge on any atom is -0.459 e. The van der Waals surface area contributed by atoms with Gasteiger partial charge in [0, 0.05) is 0 Å². The number of hydrogen-bond acceptors (Lipinski definition) is 4. The van der Waals surface area contributed by atoms with Gasteiger partial charge in [0.05, 0.1) is 0 Å². The molecule has 78 valence electrons. The number of nitrogens with two attached hydrogens (primary N) is 1. The summed E-state index contributed by atoms with van der Waals surface area (Å²) in [6, 6.07) is -0.480. The summed E-state index contributed by atoms with van der Waals surface area (Å²) in [5.74, 6) is 0.585. The van der Waals surface area contributed by atoms with E-state index in [1.807, 2.05) is 27.0 Å². The van der Waals surface area contributed by atoms with Gasteiger partial charge in [0.25, 0.3) is 0 Å². The van der Waals surface area contributed by atoms with Crippen molar-refractivity contribution < 1.29 is 9.53 Å². The molecule has 0 aliphatic heterocycles. The second-order valence-electron chi connectivity index (χ2n) is 3.92. The van der Waals surface area contributed by atoms with Crippen molar-refractivity contribution in [3.63, 3.8) is 0 Å². The molecule has 13 heavy (non-hydrogen) atoms. The topological polar surface area (TPSA) is 52.3 Å². The van der Waals surface area contributed by atoms with Gasteiger partial charge in [-0.15, -0.1) is 0 Å². The first-order chi connectivity index (χ1) is 5.87. The summed E-state index contributed by atoms with van der Waals surface area (Å²) in [4.78, 5) is 11.3. The number of rotatable bonds is 4. The first-order valence-corrected chi connectivity index (χ1v) is 5.73. The maximum absolute atomic E-state index is 11.3.